The highest BCUT2D eigenvalue weighted by molar-refractivity contribution is 5.85. The lowest BCUT2D eigenvalue weighted by atomic mass is 9.90. The molecule has 2 rings (SSSR count). The van der Waals surface area contributed by atoms with Gasteiger partial charge in [-0.25, -0.2) is 4.79 Å². The standard InChI is InChI=1S/C17H31N3O3.ClH/c1-5-14(6-2)11-20-12-17(23-16(20)22)7-9-19(10-8-17)15(21)13(3)18-4;/h13-14,18H,5-12H2,1-4H3;1H/t13-;/m0./s1. The molecule has 0 saturated carbocycles. The number of nitrogens with one attached hydrogen (secondary N) is 1. The molecule has 2 saturated heterocycles. The maximum absolute atomic E-state index is 12.2. The number of carbonyl (C=O) groups excluding carboxylic acids is 2. The summed E-state index contributed by atoms with van der Waals surface area (Å²) < 4.78 is 5.74. The Kier molecular flexibility index (Phi) is 7.80. The van der Waals surface area contributed by atoms with Gasteiger partial charge in [-0.15, -0.1) is 12.4 Å². The van der Waals surface area contributed by atoms with Gasteiger partial charge in [0.05, 0.1) is 12.6 Å². The number of piperidine rings is 1. The molecular weight excluding hydrogens is 330 g/mol. The van der Waals surface area contributed by atoms with Crippen LogP contribution in [-0.4, -0.2) is 66.7 Å². The molecule has 0 bridgehead atoms. The van der Waals surface area contributed by atoms with E-state index >= 15 is 0 Å². The maximum Gasteiger partial charge on any atom is 0.410 e. The minimum Gasteiger partial charge on any atom is -0.441 e. The Labute approximate surface area is 151 Å². The van der Waals surface area contributed by atoms with E-state index in [1.165, 1.54) is 0 Å². The fourth-order valence-electron chi connectivity index (χ4n) is 3.48. The van der Waals surface area contributed by atoms with Gasteiger partial charge in [0.15, 0.2) is 0 Å². The van der Waals surface area contributed by atoms with Gasteiger partial charge >= 0.3 is 6.09 Å². The fraction of sp³-hybridized carbons (Fsp3) is 0.882. The van der Waals surface area contributed by atoms with Crippen molar-refractivity contribution < 1.29 is 14.3 Å². The van der Waals surface area contributed by atoms with Gasteiger partial charge in [0.1, 0.15) is 5.60 Å². The van der Waals surface area contributed by atoms with Crippen molar-refractivity contribution in [2.45, 2.75) is 58.1 Å². The predicted molar refractivity (Wildman–Crippen MR) is 96.4 cm³/mol. The molecule has 1 N–H and O–H groups in total. The second-order valence-electron chi connectivity index (χ2n) is 6.95. The summed E-state index contributed by atoms with van der Waals surface area (Å²) in [5.74, 6) is 0.663. The second kappa shape index (κ2) is 8.90. The molecule has 6 nitrogen and oxygen atoms in total. The number of likely N-dealkylation sites (tertiary alicyclic amines) is 1. The topological polar surface area (TPSA) is 61.9 Å². The Morgan fingerprint density at radius 3 is 2.38 bits per heavy atom. The molecule has 7 heteroatoms. The minimum atomic E-state index is -0.386. The molecule has 140 valence electrons. The lowest BCUT2D eigenvalue weighted by Crippen LogP contribution is -2.52. The first-order valence-corrected chi connectivity index (χ1v) is 8.88. The van der Waals surface area contributed by atoms with Gasteiger partial charge in [0.25, 0.3) is 0 Å². The highest BCUT2D eigenvalue weighted by Gasteiger charge is 2.47. The first kappa shape index (κ1) is 21.0. The Morgan fingerprint density at radius 1 is 1.29 bits per heavy atom. The molecule has 2 heterocycles. The first-order chi connectivity index (χ1) is 10.9. The lowest BCUT2D eigenvalue weighted by Gasteiger charge is -2.38. The van der Waals surface area contributed by atoms with E-state index in [0.29, 0.717) is 25.6 Å². The van der Waals surface area contributed by atoms with Crippen LogP contribution in [0, 0.1) is 5.92 Å². The van der Waals surface area contributed by atoms with E-state index in [9.17, 15) is 9.59 Å². The van der Waals surface area contributed by atoms with Crippen molar-refractivity contribution in [2.75, 3.05) is 33.2 Å². The zero-order valence-corrected chi connectivity index (χ0v) is 16.2. The molecule has 2 aliphatic rings. The van der Waals surface area contributed by atoms with Crippen molar-refractivity contribution in [3.63, 3.8) is 0 Å². The third-order valence-corrected chi connectivity index (χ3v) is 5.46. The highest BCUT2D eigenvalue weighted by Crippen LogP contribution is 2.34. The largest absolute Gasteiger partial charge is 0.441 e. The lowest BCUT2D eigenvalue weighted by molar-refractivity contribution is -0.136. The number of likely N-dealkylation sites (N-methyl/N-ethyl adjacent to an activating group) is 1. The highest BCUT2D eigenvalue weighted by atomic mass is 35.5. The van der Waals surface area contributed by atoms with Crippen molar-refractivity contribution in [2.24, 2.45) is 5.92 Å². The summed E-state index contributed by atoms with van der Waals surface area (Å²) in [5.41, 5.74) is -0.386. The normalized spacial score (nSPS) is 21.0. The predicted octanol–water partition coefficient (Wildman–Crippen LogP) is 2.27. The summed E-state index contributed by atoms with van der Waals surface area (Å²) >= 11 is 0. The molecule has 0 aromatic carbocycles. The van der Waals surface area contributed by atoms with Crippen molar-refractivity contribution in [1.29, 1.82) is 0 Å². The van der Waals surface area contributed by atoms with Crippen LogP contribution < -0.4 is 5.32 Å². The summed E-state index contributed by atoms with van der Waals surface area (Å²) in [5, 5.41) is 2.99. The van der Waals surface area contributed by atoms with Crippen LogP contribution in [0.3, 0.4) is 0 Å². The number of halogens is 1. The third kappa shape index (κ3) is 4.54. The Bertz CT molecular complexity index is 435. The van der Waals surface area contributed by atoms with Crippen LogP contribution in [0.25, 0.3) is 0 Å². The SMILES string of the molecule is CCC(CC)CN1CC2(CCN(C(=O)[C@H](C)NC)CC2)OC1=O.Cl. The summed E-state index contributed by atoms with van der Waals surface area (Å²) in [6, 6.07) is -0.165. The number of ether oxygens (including phenoxy) is 1. The Balaban J connectivity index is 0.00000288. The molecule has 1 spiro atoms. The van der Waals surface area contributed by atoms with E-state index in [4.69, 9.17) is 4.74 Å². The number of nitrogens with zero attached hydrogens (tertiary/aromatic N) is 2. The monoisotopic (exact) mass is 361 g/mol. The zero-order valence-electron chi connectivity index (χ0n) is 15.3. The quantitative estimate of drug-likeness (QED) is 0.788. The number of amides is 2. The van der Waals surface area contributed by atoms with Gasteiger partial charge in [-0.3, -0.25) is 4.79 Å². The number of rotatable bonds is 6. The van der Waals surface area contributed by atoms with Crippen LogP contribution in [0.15, 0.2) is 0 Å². The van der Waals surface area contributed by atoms with E-state index < -0.39 is 0 Å². The molecule has 2 amide bonds. The molecular formula is C17H32ClN3O3. The molecule has 0 aromatic heterocycles. The maximum atomic E-state index is 12.2. The van der Waals surface area contributed by atoms with Crippen molar-refractivity contribution in [3.8, 4) is 0 Å². The number of carbonyl (C=O) groups is 2. The first-order valence-electron chi connectivity index (χ1n) is 8.88. The Hall–Kier alpha value is -1.01. The van der Waals surface area contributed by atoms with Crippen molar-refractivity contribution in [3.05, 3.63) is 0 Å². The van der Waals surface area contributed by atoms with Gasteiger partial charge in [0, 0.05) is 32.5 Å². The second-order valence-corrected chi connectivity index (χ2v) is 6.95. The molecule has 0 aromatic rings. The summed E-state index contributed by atoms with van der Waals surface area (Å²) in [6.45, 7) is 8.99. The average molecular weight is 362 g/mol. The summed E-state index contributed by atoms with van der Waals surface area (Å²) in [7, 11) is 1.79. The van der Waals surface area contributed by atoms with Crippen LogP contribution in [0.5, 0.6) is 0 Å². The molecule has 0 unspecified atom stereocenters. The summed E-state index contributed by atoms with van der Waals surface area (Å²) in [4.78, 5) is 28.2. The third-order valence-electron chi connectivity index (χ3n) is 5.46. The zero-order chi connectivity index (χ0) is 17.0. The van der Waals surface area contributed by atoms with Crippen LogP contribution in [0.2, 0.25) is 0 Å². The smallest absolute Gasteiger partial charge is 0.410 e. The Morgan fingerprint density at radius 2 is 1.88 bits per heavy atom. The molecule has 0 aliphatic carbocycles. The van der Waals surface area contributed by atoms with E-state index in [1.54, 1.807) is 7.05 Å². The van der Waals surface area contributed by atoms with Crippen LogP contribution >= 0.6 is 12.4 Å². The van der Waals surface area contributed by atoms with Crippen molar-refractivity contribution in [1.82, 2.24) is 15.1 Å². The van der Waals surface area contributed by atoms with Gasteiger partial charge in [0.2, 0.25) is 5.91 Å². The number of hydrogen-bond acceptors (Lipinski definition) is 4. The molecule has 24 heavy (non-hydrogen) atoms. The van der Waals surface area contributed by atoms with Crippen LogP contribution in [0.1, 0.15) is 46.5 Å². The van der Waals surface area contributed by atoms with Crippen molar-refractivity contribution >= 4 is 24.4 Å². The van der Waals surface area contributed by atoms with Crippen LogP contribution in [0.4, 0.5) is 4.79 Å². The van der Waals surface area contributed by atoms with E-state index in [1.807, 2.05) is 16.7 Å². The fourth-order valence-corrected chi connectivity index (χ4v) is 3.48. The van der Waals surface area contributed by atoms with Gasteiger partial charge in [-0.1, -0.05) is 26.7 Å². The van der Waals surface area contributed by atoms with E-state index in [0.717, 1.165) is 32.2 Å². The minimum absolute atomic E-state index is 0. The molecule has 1 atom stereocenters. The molecule has 2 aliphatic heterocycles. The van der Waals surface area contributed by atoms with Gasteiger partial charge in [-0.05, 0) is 19.9 Å². The molecule has 2 fully saturated rings. The van der Waals surface area contributed by atoms with E-state index in [-0.39, 0.29) is 36.1 Å². The summed E-state index contributed by atoms with van der Waals surface area (Å²) in [6.07, 6.45) is 3.45. The van der Waals surface area contributed by atoms with E-state index in [2.05, 4.69) is 19.2 Å². The average Bonchev–Trinajstić information content (AvgIpc) is 2.87. The number of hydrogen-bond donors (Lipinski definition) is 1. The van der Waals surface area contributed by atoms with Gasteiger partial charge < -0.3 is 19.9 Å². The van der Waals surface area contributed by atoms with Crippen LogP contribution in [-0.2, 0) is 9.53 Å². The van der Waals surface area contributed by atoms with Gasteiger partial charge in [-0.2, -0.15) is 0 Å². The molecule has 0 radical (unpaired) electrons.